The van der Waals surface area contributed by atoms with Crippen molar-refractivity contribution in [1.82, 2.24) is 15.2 Å². The highest BCUT2D eigenvalue weighted by molar-refractivity contribution is 5.49. The van der Waals surface area contributed by atoms with E-state index in [1.807, 2.05) is 25.1 Å². The summed E-state index contributed by atoms with van der Waals surface area (Å²) >= 11 is 0. The van der Waals surface area contributed by atoms with E-state index in [9.17, 15) is 9.59 Å². The van der Waals surface area contributed by atoms with Crippen molar-refractivity contribution in [2.24, 2.45) is 0 Å². The van der Waals surface area contributed by atoms with Gasteiger partial charge < -0.3 is 10.6 Å². The van der Waals surface area contributed by atoms with Crippen molar-refractivity contribution in [1.29, 1.82) is 0 Å². The van der Waals surface area contributed by atoms with Gasteiger partial charge in [0.05, 0.1) is 0 Å². The number of para-hydroxylation sites is 1. The van der Waals surface area contributed by atoms with Crippen LogP contribution in [0.25, 0.3) is 0 Å². The molecule has 0 aliphatic heterocycles. The van der Waals surface area contributed by atoms with Crippen LogP contribution >= 0.6 is 0 Å². The Balaban J connectivity index is 2.33. The number of hydrogen-bond donors (Lipinski definition) is 3. The molecule has 0 bridgehead atoms. The van der Waals surface area contributed by atoms with Crippen LogP contribution in [0, 0.1) is 0 Å². The highest BCUT2D eigenvalue weighted by atomic mass is 16.2. The number of aromatic nitrogens is 3. The smallest absolute Gasteiger partial charge is 0.342 e. The van der Waals surface area contributed by atoms with Crippen molar-refractivity contribution in [3.05, 3.63) is 50.7 Å². The average molecular weight is 261 g/mol. The normalized spacial score (nSPS) is 10.4. The highest BCUT2D eigenvalue weighted by Crippen LogP contribution is 2.15. The van der Waals surface area contributed by atoms with E-state index in [0.29, 0.717) is 18.8 Å². The lowest BCUT2D eigenvalue weighted by Gasteiger charge is -2.21. The Labute approximate surface area is 109 Å². The van der Waals surface area contributed by atoms with Gasteiger partial charge in [-0.15, -0.1) is 5.10 Å². The molecule has 1 heterocycles. The van der Waals surface area contributed by atoms with Crippen LogP contribution in [0.5, 0.6) is 0 Å². The number of nitrogens with two attached hydrogens (primary N) is 1. The maximum absolute atomic E-state index is 11.7. The lowest BCUT2D eigenvalue weighted by atomic mass is 10.1. The van der Waals surface area contributed by atoms with Gasteiger partial charge in [-0.25, -0.2) is 9.89 Å². The van der Waals surface area contributed by atoms with Crippen LogP contribution in [0.15, 0.2) is 33.9 Å². The van der Waals surface area contributed by atoms with Crippen LogP contribution in [-0.4, -0.2) is 21.7 Å². The predicted molar refractivity (Wildman–Crippen MR) is 73.1 cm³/mol. The Kier molecular flexibility index (Phi) is 3.65. The van der Waals surface area contributed by atoms with Crippen molar-refractivity contribution in [3.63, 3.8) is 0 Å². The van der Waals surface area contributed by atoms with Crippen molar-refractivity contribution >= 4 is 11.5 Å². The van der Waals surface area contributed by atoms with Crippen molar-refractivity contribution in [2.45, 2.75) is 13.5 Å². The molecular formula is C12H15N5O2. The molecule has 0 saturated carbocycles. The van der Waals surface area contributed by atoms with Crippen LogP contribution in [0.4, 0.5) is 11.5 Å². The quantitative estimate of drug-likeness (QED) is 0.675. The van der Waals surface area contributed by atoms with Crippen molar-refractivity contribution in [2.75, 3.05) is 17.2 Å². The highest BCUT2D eigenvalue weighted by Gasteiger charge is 2.12. The van der Waals surface area contributed by atoms with E-state index in [1.54, 1.807) is 11.0 Å². The standard InChI is InChI=1S/C12H15N5O2/c1-2-17(7-8-5-3-4-6-9(8)13)10-11(18)14-12(19)16-15-10/h3-6H,2,7,13H2,1H3,(H2,14,16,18,19). The lowest BCUT2D eigenvalue weighted by molar-refractivity contribution is 0.766. The third-order valence-electron chi connectivity index (χ3n) is 2.79. The van der Waals surface area contributed by atoms with E-state index < -0.39 is 11.2 Å². The molecule has 2 aromatic rings. The second-order valence-corrected chi connectivity index (χ2v) is 4.04. The Hall–Kier alpha value is -2.57. The molecule has 0 unspecified atom stereocenters. The second kappa shape index (κ2) is 5.38. The molecule has 1 aromatic carbocycles. The molecule has 0 aliphatic rings. The minimum absolute atomic E-state index is 0.172. The first-order valence-corrected chi connectivity index (χ1v) is 5.89. The zero-order valence-corrected chi connectivity index (χ0v) is 10.5. The van der Waals surface area contributed by atoms with Gasteiger partial charge in [0.1, 0.15) is 0 Å². The van der Waals surface area contributed by atoms with Gasteiger partial charge in [-0.1, -0.05) is 18.2 Å². The first-order chi connectivity index (χ1) is 9.11. The van der Waals surface area contributed by atoms with E-state index in [1.165, 1.54) is 0 Å². The van der Waals surface area contributed by atoms with Crippen LogP contribution in [0.1, 0.15) is 12.5 Å². The summed E-state index contributed by atoms with van der Waals surface area (Å²) in [5, 5.41) is 6.00. The summed E-state index contributed by atoms with van der Waals surface area (Å²) in [6.45, 7) is 2.91. The summed E-state index contributed by atoms with van der Waals surface area (Å²) in [4.78, 5) is 26.5. The van der Waals surface area contributed by atoms with Crippen molar-refractivity contribution < 1.29 is 0 Å². The van der Waals surface area contributed by atoms with Gasteiger partial charge in [-0.05, 0) is 18.6 Å². The number of nitrogen functional groups attached to an aromatic ring is 1. The summed E-state index contributed by atoms with van der Waals surface area (Å²) < 4.78 is 0. The van der Waals surface area contributed by atoms with E-state index in [4.69, 9.17) is 5.73 Å². The van der Waals surface area contributed by atoms with Gasteiger partial charge in [-0.3, -0.25) is 9.78 Å². The molecule has 0 aliphatic carbocycles. The maximum atomic E-state index is 11.7. The fourth-order valence-electron chi connectivity index (χ4n) is 1.78. The number of nitrogens with zero attached hydrogens (tertiary/aromatic N) is 2. The Morgan fingerprint density at radius 3 is 2.68 bits per heavy atom. The molecule has 7 nitrogen and oxygen atoms in total. The number of aromatic amines is 2. The molecule has 19 heavy (non-hydrogen) atoms. The fourth-order valence-corrected chi connectivity index (χ4v) is 1.78. The molecule has 4 N–H and O–H groups in total. The van der Waals surface area contributed by atoms with E-state index in [2.05, 4.69) is 15.2 Å². The summed E-state index contributed by atoms with van der Waals surface area (Å²) in [5.41, 5.74) is 6.29. The van der Waals surface area contributed by atoms with Gasteiger partial charge in [0.15, 0.2) is 0 Å². The topological polar surface area (TPSA) is 108 Å². The molecule has 100 valence electrons. The maximum Gasteiger partial charge on any atom is 0.342 e. The number of hydrogen-bond acceptors (Lipinski definition) is 5. The predicted octanol–water partition coefficient (Wildman–Crippen LogP) is 0.0669. The summed E-state index contributed by atoms with van der Waals surface area (Å²) in [7, 11) is 0. The van der Waals surface area contributed by atoms with Gasteiger partial charge in [0.25, 0.3) is 5.56 Å². The molecule has 0 fully saturated rings. The summed E-state index contributed by atoms with van der Waals surface area (Å²) in [6, 6.07) is 7.41. The second-order valence-electron chi connectivity index (χ2n) is 4.04. The van der Waals surface area contributed by atoms with Gasteiger partial charge in [0.2, 0.25) is 5.82 Å². The summed E-state index contributed by atoms with van der Waals surface area (Å²) in [5.74, 6) is 0.172. The summed E-state index contributed by atoms with van der Waals surface area (Å²) in [6.07, 6.45) is 0. The average Bonchev–Trinajstić information content (AvgIpc) is 2.39. The third kappa shape index (κ3) is 2.82. The largest absolute Gasteiger partial charge is 0.398 e. The van der Waals surface area contributed by atoms with Gasteiger partial charge in [-0.2, -0.15) is 0 Å². The zero-order chi connectivity index (χ0) is 13.8. The fraction of sp³-hybridized carbons (Fsp3) is 0.250. The number of H-pyrrole nitrogens is 2. The Morgan fingerprint density at radius 1 is 1.32 bits per heavy atom. The van der Waals surface area contributed by atoms with E-state index in [-0.39, 0.29) is 5.82 Å². The first kappa shape index (κ1) is 12.9. The number of anilines is 2. The third-order valence-corrected chi connectivity index (χ3v) is 2.79. The zero-order valence-electron chi connectivity index (χ0n) is 10.5. The van der Waals surface area contributed by atoms with E-state index in [0.717, 1.165) is 5.56 Å². The lowest BCUT2D eigenvalue weighted by Crippen LogP contribution is -2.34. The Bertz CT molecular complexity index is 676. The molecule has 0 saturated heterocycles. The molecule has 0 atom stereocenters. The minimum atomic E-state index is -0.621. The number of benzene rings is 1. The van der Waals surface area contributed by atoms with Crippen LogP contribution in [0.2, 0.25) is 0 Å². The number of nitrogens with one attached hydrogen (secondary N) is 2. The molecule has 0 radical (unpaired) electrons. The monoisotopic (exact) mass is 261 g/mol. The van der Waals surface area contributed by atoms with Crippen LogP contribution in [-0.2, 0) is 6.54 Å². The molecule has 1 aromatic heterocycles. The van der Waals surface area contributed by atoms with E-state index >= 15 is 0 Å². The Morgan fingerprint density at radius 2 is 2.05 bits per heavy atom. The SMILES string of the molecule is CCN(Cc1ccccc1N)c1n[nH]c(=O)[nH]c1=O. The molecular weight excluding hydrogens is 246 g/mol. The van der Waals surface area contributed by atoms with Crippen LogP contribution in [0.3, 0.4) is 0 Å². The molecule has 2 rings (SSSR count). The molecule has 0 amide bonds. The molecule has 0 spiro atoms. The van der Waals surface area contributed by atoms with Gasteiger partial charge in [0, 0.05) is 18.8 Å². The van der Waals surface area contributed by atoms with Crippen LogP contribution < -0.4 is 21.9 Å². The number of rotatable bonds is 4. The minimum Gasteiger partial charge on any atom is -0.398 e. The molecule has 7 heteroatoms. The first-order valence-electron chi connectivity index (χ1n) is 5.89. The van der Waals surface area contributed by atoms with Gasteiger partial charge >= 0.3 is 5.69 Å². The van der Waals surface area contributed by atoms with Crippen molar-refractivity contribution in [3.8, 4) is 0 Å².